The van der Waals surface area contributed by atoms with E-state index in [1.54, 1.807) is 0 Å². The molecule has 1 nitrogen and oxygen atoms in total. The summed E-state index contributed by atoms with van der Waals surface area (Å²) in [7, 11) is 0. The fraction of sp³-hybridized carbons (Fsp3) is 0.0612. The summed E-state index contributed by atoms with van der Waals surface area (Å²) in [5.74, 6) is 0. The predicted octanol–water partition coefficient (Wildman–Crippen LogP) is 13.2. The van der Waals surface area contributed by atoms with Crippen LogP contribution in [0.5, 0.6) is 0 Å². The van der Waals surface area contributed by atoms with E-state index in [-0.39, 0.29) is 5.41 Å². The minimum Gasteiger partial charge on any atom is -0.309 e. The van der Waals surface area contributed by atoms with Gasteiger partial charge >= 0.3 is 0 Å². The third-order valence-corrected chi connectivity index (χ3v) is 11.5. The Balaban J connectivity index is 1.08. The molecule has 0 spiro atoms. The van der Waals surface area contributed by atoms with Crippen LogP contribution in [0.1, 0.15) is 25.0 Å². The van der Waals surface area contributed by atoms with Crippen molar-refractivity contribution in [3.8, 4) is 61.3 Å². The van der Waals surface area contributed by atoms with Crippen molar-refractivity contribution in [3.05, 3.63) is 175 Å². The molecule has 0 radical (unpaired) electrons. The Morgan fingerprint density at radius 1 is 0.380 bits per heavy atom. The van der Waals surface area contributed by atoms with Crippen LogP contribution in [0.25, 0.3) is 93.9 Å². The van der Waals surface area contributed by atoms with Gasteiger partial charge in [-0.05, 0) is 120 Å². The van der Waals surface area contributed by atoms with E-state index in [2.05, 4.69) is 182 Å². The van der Waals surface area contributed by atoms with E-state index in [9.17, 15) is 0 Å². The lowest BCUT2D eigenvalue weighted by molar-refractivity contribution is 0.660. The number of para-hydroxylation sites is 2. The van der Waals surface area contributed by atoms with Crippen LogP contribution in [0.2, 0.25) is 0 Å². The number of nitrogens with zero attached hydrogens (tertiary/aromatic N) is 1. The molecule has 50 heavy (non-hydrogen) atoms. The molecular weight excluding hydrogens is 603 g/mol. The topological polar surface area (TPSA) is 4.93 Å². The Morgan fingerprint density at radius 2 is 0.960 bits per heavy atom. The van der Waals surface area contributed by atoms with Gasteiger partial charge in [0.2, 0.25) is 0 Å². The average Bonchev–Trinajstić information content (AvgIpc) is 3.76. The van der Waals surface area contributed by atoms with Gasteiger partial charge in [-0.1, -0.05) is 135 Å². The summed E-state index contributed by atoms with van der Waals surface area (Å²) in [5, 5.41) is 5.26. The number of rotatable bonds is 3. The molecule has 0 bridgehead atoms. The van der Waals surface area contributed by atoms with Crippen LogP contribution in [-0.2, 0) is 5.41 Å². The van der Waals surface area contributed by atoms with Crippen molar-refractivity contribution in [1.82, 2.24) is 4.57 Å². The maximum Gasteiger partial charge on any atom is 0.0547 e. The predicted molar refractivity (Wildman–Crippen MR) is 211 cm³/mol. The van der Waals surface area contributed by atoms with Crippen molar-refractivity contribution in [2.75, 3.05) is 0 Å². The molecule has 11 rings (SSSR count). The summed E-state index contributed by atoms with van der Waals surface area (Å²) >= 11 is 0. The molecule has 0 aliphatic heterocycles. The quantitative estimate of drug-likeness (QED) is 0.182. The largest absolute Gasteiger partial charge is 0.309 e. The Bertz CT molecular complexity index is 2880. The molecule has 2 aliphatic carbocycles. The molecular formula is C49H33N. The van der Waals surface area contributed by atoms with Crippen molar-refractivity contribution in [1.29, 1.82) is 0 Å². The van der Waals surface area contributed by atoms with E-state index in [1.807, 2.05) is 0 Å². The van der Waals surface area contributed by atoms with E-state index in [0.29, 0.717) is 0 Å². The minimum absolute atomic E-state index is 0.0771. The lowest BCUT2D eigenvalue weighted by Gasteiger charge is -2.21. The lowest BCUT2D eigenvalue weighted by atomic mass is 9.81. The average molecular weight is 636 g/mol. The van der Waals surface area contributed by atoms with Gasteiger partial charge in [-0.25, -0.2) is 0 Å². The molecule has 0 saturated carbocycles. The standard InChI is InChI=1S/C49H33N/c1-49(2)43-25-22-32(31-21-24-36-37-17-8-11-30-12-9-18-38(47(30)37)40(36)27-31)28-41(43)42-29-33(23-26-44(42)49)35-16-10-20-46-48(35)39-15-6-7-19-45(39)50(46)34-13-4-3-5-14-34/h3-29H,1-2H3. The van der Waals surface area contributed by atoms with Crippen molar-refractivity contribution in [2.24, 2.45) is 0 Å². The van der Waals surface area contributed by atoms with Gasteiger partial charge < -0.3 is 4.57 Å². The second-order valence-electron chi connectivity index (χ2n) is 14.5. The molecule has 0 unspecified atom stereocenters. The first kappa shape index (κ1) is 27.7. The van der Waals surface area contributed by atoms with E-state index in [4.69, 9.17) is 0 Å². The first-order valence-corrected chi connectivity index (χ1v) is 17.6. The van der Waals surface area contributed by atoms with Gasteiger partial charge in [0.15, 0.2) is 0 Å². The Hall–Kier alpha value is -6.18. The lowest BCUT2D eigenvalue weighted by Crippen LogP contribution is -2.14. The van der Waals surface area contributed by atoms with Gasteiger partial charge in [0.05, 0.1) is 11.0 Å². The van der Waals surface area contributed by atoms with Gasteiger partial charge in [-0.15, -0.1) is 0 Å². The summed E-state index contributed by atoms with van der Waals surface area (Å²) in [6, 6.07) is 61.1. The van der Waals surface area contributed by atoms with E-state index in [1.165, 1.54) is 105 Å². The van der Waals surface area contributed by atoms with E-state index >= 15 is 0 Å². The fourth-order valence-corrected chi connectivity index (χ4v) is 9.20. The summed E-state index contributed by atoms with van der Waals surface area (Å²) in [4.78, 5) is 0. The molecule has 0 N–H and O–H groups in total. The van der Waals surface area contributed by atoms with Gasteiger partial charge in [0.25, 0.3) is 0 Å². The highest BCUT2D eigenvalue weighted by atomic mass is 15.0. The van der Waals surface area contributed by atoms with Crippen molar-refractivity contribution in [2.45, 2.75) is 19.3 Å². The number of benzene rings is 8. The number of aromatic nitrogens is 1. The smallest absolute Gasteiger partial charge is 0.0547 e. The van der Waals surface area contributed by atoms with Gasteiger partial charge in [-0.2, -0.15) is 0 Å². The van der Waals surface area contributed by atoms with E-state index in [0.717, 1.165) is 0 Å². The Labute approximate surface area is 291 Å². The molecule has 0 atom stereocenters. The molecule has 8 aromatic carbocycles. The zero-order valence-corrected chi connectivity index (χ0v) is 28.0. The molecule has 1 heterocycles. The number of hydrogen-bond acceptors (Lipinski definition) is 0. The van der Waals surface area contributed by atoms with Crippen molar-refractivity contribution in [3.63, 3.8) is 0 Å². The summed E-state index contributed by atoms with van der Waals surface area (Å²) < 4.78 is 2.40. The number of hydrogen-bond donors (Lipinski definition) is 0. The highest BCUT2D eigenvalue weighted by molar-refractivity contribution is 6.17. The van der Waals surface area contributed by atoms with Gasteiger partial charge in [0.1, 0.15) is 0 Å². The molecule has 0 fully saturated rings. The van der Waals surface area contributed by atoms with Crippen LogP contribution in [0, 0.1) is 0 Å². The third-order valence-electron chi connectivity index (χ3n) is 11.5. The monoisotopic (exact) mass is 635 g/mol. The maximum atomic E-state index is 2.45. The van der Waals surface area contributed by atoms with Crippen LogP contribution in [-0.4, -0.2) is 4.57 Å². The second-order valence-corrected chi connectivity index (χ2v) is 14.5. The second kappa shape index (κ2) is 9.94. The zero-order valence-electron chi connectivity index (χ0n) is 28.0. The molecule has 2 aliphatic rings. The van der Waals surface area contributed by atoms with Gasteiger partial charge in [0, 0.05) is 21.9 Å². The van der Waals surface area contributed by atoms with Crippen LogP contribution < -0.4 is 0 Å². The Kier molecular flexibility index (Phi) is 5.51. The summed E-state index contributed by atoms with van der Waals surface area (Å²) in [5.41, 5.74) is 19.4. The van der Waals surface area contributed by atoms with E-state index < -0.39 is 0 Å². The highest BCUT2D eigenvalue weighted by Crippen LogP contribution is 2.52. The molecule has 0 amide bonds. The molecule has 0 saturated heterocycles. The Morgan fingerprint density at radius 3 is 1.74 bits per heavy atom. The third kappa shape index (κ3) is 3.67. The van der Waals surface area contributed by atoms with Crippen LogP contribution in [0.3, 0.4) is 0 Å². The minimum atomic E-state index is -0.0771. The first-order valence-electron chi connectivity index (χ1n) is 17.6. The molecule has 1 heteroatoms. The fourth-order valence-electron chi connectivity index (χ4n) is 9.20. The maximum absolute atomic E-state index is 2.45. The summed E-state index contributed by atoms with van der Waals surface area (Å²) in [6.07, 6.45) is 0. The first-order chi connectivity index (χ1) is 24.6. The SMILES string of the molecule is CC1(C)c2ccc(-c3ccc4c(c3)-c3cccc5cccc-4c35)cc2-c2cc(-c3cccc4c3c3ccccc3n4-c3ccccc3)ccc21. The highest BCUT2D eigenvalue weighted by Gasteiger charge is 2.36. The zero-order chi connectivity index (χ0) is 33.1. The van der Waals surface area contributed by atoms with Crippen molar-refractivity contribution < 1.29 is 0 Å². The van der Waals surface area contributed by atoms with Crippen LogP contribution >= 0.6 is 0 Å². The van der Waals surface area contributed by atoms with Gasteiger partial charge in [-0.3, -0.25) is 0 Å². The van der Waals surface area contributed by atoms with Crippen molar-refractivity contribution >= 4 is 32.6 Å². The van der Waals surface area contributed by atoms with Crippen LogP contribution in [0.15, 0.2) is 164 Å². The normalized spacial score (nSPS) is 13.6. The molecule has 1 aromatic heterocycles. The number of fused-ring (bicyclic) bond motifs is 9. The molecule has 9 aromatic rings. The summed E-state index contributed by atoms with van der Waals surface area (Å²) in [6.45, 7) is 4.75. The van der Waals surface area contributed by atoms with Crippen LogP contribution in [0.4, 0.5) is 0 Å². The molecule has 234 valence electrons.